The highest BCUT2D eigenvalue weighted by Crippen LogP contribution is 2.35. The van der Waals surface area contributed by atoms with Gasteiger partial charge in [0.1, 0.15) is 5.62 Å². The van der Waals surface area contributed by atoms with Crippen molar-refractivity contribution in [1.82, 2.24) is 9.91 Å². The molecule has 2 saturated heterocycles. The maximum atomic E-state index is 10.6. The molecule has 0 aromatic carbocycles. The van der Waals surface area contributed by atoms with Crippen LogP contribution < -0.4 is 0 Å². The lowest BCUT2D eigenvalue weighted by atomic mass is 9.78. The first-order chi connectivity index (χ1) is 8.37. The summed E-state index contributed by atoms with van der Waals surface area (Å²) in [7, 11) is 1.35. The quantitative estimate of drug-likeness (QED) is 0.283. The molecule has 2 aliphatic heterocycles. The van der Waals surface area contributed by atoms with Crippen molar-refractivity contribution in [1.29, 1.82) is 0 Å². The van der Waals surface area contributed by atoms with Crippen molar-refractivity contribution in [3.63, 3.8) is 0 Å². The van der Waals surface area contributed by atoms with Gasteiger partial charge in [-0.3, -0.25) is 4.90 Å². The second-order valence-corrected chi connectivity index (χ2v) is 5.10. The number of ether oxygens (including phenoxy) is 1. The third-order valence-electron chi connectivity index (χ3n) is 3.57. The van der Waals surface area contributed by atoms with Gasteiger partial charge in [0, 0.05) is 32.0 Å². The van der Waals surface area contributed by atoms with Crippen LogP contribution in [0.25, 0.3) is 0 Å². The van der Waals surface area contributed by atoms with Crippen LogP contribution in [-0.2, 0) is 4.74 Å². The van der Waals surface area contributed by atoms with Gasteiger partial charge in [-0.25, -0.2) is 0 Å². The summed E-state index contributed by atoms with van der Waals surface area (Å²) in [6.07, 6.45) is 0.163. The molecule has 18 heavy (non-hydrogen) atoms. The maximum absolute atomic E-state index is 10.6. The van der Waals surface area contributed by atoms with E-state index < -0.39 is 11.5 Å². The maximum Gasteiger partial charge on any atom is 0.267 e. The fourth-order valence-electron chi connectivity index (χ4n) is 2.75. The van der Waals surface area contributed by atoms with Crippen LogP contribution in [0, 0.1) is 4.91 Å². The largest absolute Gasteiger partial charge is 0.379 e. The van der Waals surface area contributed by atoms with Crippen molar-refractivity contribution in [3.8, 4) is 0 Å². The topological polar surface area (TPSA) is 106 Å². The molecule has 9 heteroatoms. The SMILES string of the molecule is BC1(O)CC(N2CCOCC2)CC(O)(O)N1N=O. The Morgan fingerprint density at radius 2 is 1.83 bits per heavy atom. The number of nitroso groups, excluding NO2 is 1. The molecule has 0 aromatic rings. The van der Waals surface area contributed by atoms with E-state index in [4.69, 9.17) is 4.74 Å². The van der Waals surface area contributed by atoms with Crippen LogP contribution >= 0.6 is 0 Å². The van der Waals surface area contributed by atoms with Crippen LogP contribution in [-0.4, -0.2) is 77.0 Å². The lowest BCUT2D eigenvalue weighted by Gasteiger charge is -2.50. The van der Waals surface area contributed by atoms with Gasteiger partial charge in [0.05, 0.1) is 18.5 Å². The Morgan fingerprint density at radius 3 is 2.33 bits per heavy atom. The van der Waals surface area contributed by atoms with E-state index in [-0.39, 0.29) is 18.9 Å². The third-order valence-corrected chi connectivity index (χ3v) is 3.57. The zero-order valence-electron chi connectivity index (χ0n) is 10.3. The summed E-state index contributed by atoms with van der Waals surface area (Å²) in [5.74, 6) is -2.42. The van der Waals surface area contributed by atoms with Crippen molar-refractivity contribution in [2.75, 3.05) is 26.3 Å². The molecule has 8 nitrogen and oxygen atoms in total. The molecule has 2 rings (SSSR count). The first kappa shape index (κ1) is 13.7. The van der Waals surface area contributed by atoms with Gasteiger partial charge >= 0.3 is 0 Å². The van der Waals surface area contributed by atoms with Crippen molar-refractivity contribution >= 4 is 7.85 Å². The minimum atomic E-state index is -2.42. The molecule has 2 unspecified atom stereocenters. The minimum Gasteiger partial charge on any atom is -0.379 e. The number of rotatable bonds is 2. The Kier molecular flexibility index (Phi) is 3.61. The third kappa shape index (κ3) is 2.50. The molecule has 2 fully saturated rings. The Hall–Kier alpha value is -0.735. The zero-order valence-corrected chi connectivity index (χ0v) is 10.3. The predicted octanol–water partition coefficient (Wildman–Crippen LogP) is -2.62. The van der Waals surface area contributed by atoms with Gasteiger partial charge < -0.3 is 20.1 Å². The summed E-state index contributed by atoms with van der Waals surface area (Å²) in [5.41, 5.74) is -1.67. The Morgan fingerprint density at radius 1 is 1.22 bits per heavy atom. The second kappa shape index (κ2) is 4.74. The zero-order chi connectivity index (χ0) is 13.4. The molecular weight excluding hydrogens is 241 g/mol. The molecular formula is C9H18BN3O5. The highest BCUT2D eigenvalue weighted by molar-refractivity contribution is 6.14. The number of piperidine rings is 1. The van der Waals surface area contributed by atoms with Crippen LogP contribution in [0.5, 0.6) is 0 Å². The van der Waals surface area contributed by atoms with Crippen LogP contribution in [0.2, 0.25) is 0 Å². The summed E-state index contributed by atoms with van der Waals surface area (Å²) in [6.45, 7) is 2.51. The highest BCUT2D eigenvalue weighted by Gasteiger charge is 2.52. The molecule has 2 aliphatic rings. The van der Waals surface area contributed by atoms with Gasteiger partial charge in [-0.1, -0.05) is 0 Å². The first-order valence-corrected chi connectivity index (χ1v) is 5.99. The smallest absolute Gasteiger partial charge is 0.267 e. The minimum absolute atomic E-state index is 0.0606. The average molecular weight is 259 g/mol. The van der Waals surface area contributed by atoms with Crippen LogP contribution in [0.4, 0.5) is 0 Å². The van der Waals surface area contributed by atoms with Gasteiger partial charge in [0.15, 0.2) is 7.85 Å². The summed E-state index contributed by atoms with van der Waals surface area (Å²) < 4.78 is 5.23. The Labute approximate surface area is 105 Å². The average Bonchev–Trinajstić information content (AvgIpc) is 2.27. The van der Waals surface area contributed by atoms with E-state index in [1.165, 1.54) is 7.85 Å². The van der Waals surface area contributed by atoms with Gasteiger partial charge in [-0.15, -0.1) is 4.91 Å². The summed E-state index contributed by atoms with van der Waals surface area (Å²) in [4.78, 5) is 12.7. The van der Waals surface area contributed by atoms with Gasteiger partial charge in [-0.2, -0.15) is 5.01 Å². The molecule has 102 valence electrons. The fourth-order valence-corrected chi connectivity index (χ4v) is 2.75. The van der Waals surface area contributed by atoms with E-state index >= 15 is 0 Å². The fraction of sp³-hybridized carbons (Fsp3) is 1.00. The molecule has 0 spiro atoms. The lowest BCUT2D eigenvalue weighted by molar-refractivity contribution is -0.339. The number of morpholine rings is 1. The molecule has 0 amide bonds. The van der Waals surface area contributed by atoms with Crippen molar-refractivity contribution in [2.24, 2.45) is 5.29 Å². The normalized spacial score (nSPS) is 37.5. The van der Waals surface area contributed by atoms with E-state index in [9.17, 15) is 20.2 Å². The van der Waals surface area contributed by atoms with Gasteiger partial charge in [0.25, 0.3) is 5.91 Å². The van der Waals surface area contributed by atoms with E-state index in [1.807, 2.05) is 4.90 Å². The number of nitrogens with zero attached hydrogens (tertiary/aromatic N) is 3. The predicted molar refractivity (Wildman–Crippen MR) is 63.7 cm³/mol. The van der Waals surface area contributed by atoms with Crippen LogP contribution in [0.3, 0.4) is 0 Å². The Bertz CT molecular complexity index is 303. The Balaban J connectivity index is 2.14. The van der Waals surface area contributed by atoms with Crippen molar-refractivity contribution in [2.45, 2.75) is 30.4 Å². The number of aliphatic hydroxyl groups is 3. The van der Waals surface area contributed by atoms with Gasteiger partial charge in [0.2, 0.25) is 0 Å². The van der Waals surface area contributed by atoms with E-state index in [0.717, 1.165) is 0 Å². The molecule has 0 aliphatic carbocycles. The highest BCUT2D eigenvalue weighted by atomic mass is 16.6. The second-order valence-electron chi connectivity index (χ2n) is 5.10. The van der Waals surface area contributed by atoms with Crippen molar-refractivity contribution in [3.05, 3.63) is 4.91 Å². The number of hydrogen-bond acceptors (Lipinski definition) is 7. The molecule has 2 atom stereocenters. The van der Waals surface area contributed by atoms with Crippen LogP contribution in [0.1, 0.15) is 12.8 Å². The van der Waals surface area contributed by atoms with E-state index in [2.05, 4.69) is 5.29 Å². The molecule has 0 bridgehead atoms. The summed E-state index contributed by atoms with van der Waals surface area (Å²) >= 11 is 0. The molecule has 3 N–H and O–H groups in total. The summed E-state index contributed by atoms with van der Waals surface area (Å²) in [6, 6.07) is -0.225. The lowest BCUT2D eigenvalue weighted by Crippen LogP contribution is -2.67. The summed E-state index contributed by atoms with van der Waals surface area (Å²) in [5, 5.41) is 32.7. The first-order valence-electron chi connectivity index (χ1n) is 5.99. The molecule has 0 aromatic heterocycles. The van der Waals surface area contributed by atoms with E-state index in [1.54, 1.807) is 0 Å². The number of hydrogen-bond donors (Lipinski definition) is 3. The molecule has 2 heterocycles. The molecule has 0 radical (unpaired) electrons. The molecule has 0 saturated carbocycles. The standard InChI is InChI=1S/C9H18BN3O5/c10-8(14)5-7(12-1-3-18-4-2-12)6-9(15,16)13(8)11-17/h7,14-16H,1-6,10H2. The van der Waals surface area contributed by atoms with Crippen molar-refractivity contribution < 1.29 is 20.1 Å². The van der Waals surface area contributed by atoms with Gasteiger partial charge in [-0.05, 0) is 0 Å². The monoisotopic (exact) mass is 259 g/mol. The van der Waals surface area contributed by atoms with E-state index in [0.29, 0.717) is 31.3 Å². The van der Waals surface area contributed by atoms with Crippen LogP contribution in [0.15, 0.2) is 5.29 Å².